The predicted octanol–water partition coefficient (Wildman–Crippen LogP) is -1.97. The summed E-state index contributed by atoms with van der Waals surface area (Å²) in [7, 11) is 0. The van der Waals surface area contributed by atoms with Gasteiger partial charge in [-0.05, 0) is 0 Å². The van der Waals surface area contributed by atoms with Gasteiger partial charge in [0.25, 0.3) is 0 Å². The Morgan fingerprint density at radius 1 is 1.64 bits per heavy atom. The van der Waals surface area contributed by atoms with Crippen molar-refractivity contribution in [3.63, 3.8) is 0 Å². The lowest BCUT2D eigenvalue weighted by Crippen LogP contribution is -2.41. The van der Waals surface area contributed by atoms with Crippen molar-refractivity contribution in [3.05, 3.63) is 0 Å². The number of esters is 1. The Kier molecular flexibility index (Phi) is 3.82. The summed E-state index contributed by atoms with van der Waals surface area (Å²) in [5.74, 6) is -0.517. The highest BCUT2D eigenvalue weighted by molar-refractivity contribution is 5.65. The molecule has 1 rings (SSSR count). The molecule has 1 saturated heterocycles. The minimum absolute atomic E-state index is 0.0248. The summed E-state index contributed by atoms with van der Waals surface area (Å²) in [4.78, 5) is 10.4. The number of rotatable bonds is 3. The minimum Gasteiger partial charge on any atom is -0.463 e. The molecule has 1 aliphatic heterocycles. The van der Waals surface area contributed by atoms with E-state index in [4.69, 9.17) is 9.84 Å². The van der Waals surface area contributed by atoms with Gasteiger partial charge in [-0.15, -0.1) is 0 Å². The SMILES string of the molecule is CC(=O)OC[C@@H](O)[C@H]1OC[C@H](O)[C@H]1O. The van der Waals surface area contributed by atoms with E-state index in [2.05, 4.69) is 4.74 Å². The Hall–Kier alpha value is -0.690. The predicted molar refractivity (Wildman–Crippen MR) is 44.4 cm³/mol. The summed E-state index contributed by atoms with van der Waals surface area (Å²) in [6.07, 6.45) is -4.15. The number of carbonyl (C=O) groups is 1. The normalized spacial score (nSPS) is 34.1. The summed E-state index contributed by atoms with van der Waals surface area (Å²) >= 11 is 0. The summed E-state index contributed by atoms with van der Waals surface area (Å²) in [5.41, 5.74) is 0. The molecule has 0 unspecified atom stereocenters. The van der Waals surface area contributed by atoms with E-state index in [0.717, 1.165) is 0 Å². The fourth-order valence-electron chi connectivity index (χ4n) is 1.26. The molecule has 0 bridgehead atoms. The Bertz CT molecular complexity index is 206. The largest absolute Gasteiger partial charge is 0.463 e. The number of aliphatic hydroxyl groups is 3. The standard InChI is InChI=1S/C8H14O6/c1-4(9)13-3-6(11)8-7(12)5(10)2-14-8/h5-8,10-12H,2-3H2,1H3/t5-,6+,7+,8+/m0/s1. The fraction of sp³-hybridized carbons (Fsp3) is 0.875. The van der Waals surface area contributed by atoms with E-state index in [1.54, 1.807) is 0 Å². The molecule has 6 nitrogen and oxygen atoms in total. The van der Waals surface area contributed by atoms with Crippen LogP contribution in [0.2, 0.25) is 0 Å². The summed E-state index contributed by atoms with van der Waals surface area (Å²) in [6, 6.07) is 0. The molecule has 1 fully saturated rings. The van der Waals surface area contributed by atoms with Crippen LogP contribution < -0.4 is 0 Å². The van der Waals surface area contributed by atoms with Crippen LogP contribution in [0.4, 0.5) is 0 Å². The smallest absolute Gasteiger partial charge is 0.302 e. The van der Waals surface area contributed by atoms with Crippen LogP contribution in [0.5, 0.6) is 0 Å². The van der Waals surface area contributed by atoms with Crippen molar-refractivity contribution in [2.45, 2.75) is 31.3 Å². The van der Waals surface area contributed by atoms with Gasteiger partial charge in [0, 0.05) is 6.92 Å². The third-order valence-electron chi connectivity index (χ3n) is 2.03. The van der Waals surface area contributed by atoms with Crippen molar-refractivity contribution in [3.8, 4) is 0 Å². The highest BCUT2D eigenvalue weighted by Gasteiger charge is 2.39. The van der Waals surface area contributed by atoms with E-state index >= 15 is 0 Å². The zero-order valence-corrected chi connectivity index (χ0v) is 7.79. The molecule has 82 valence electrons. The second-order valence-corrected chi connectivity index (χ2v) is 3.23. The van der Waals surface area contributed by atoms with Crippen LogP contribution in [0.15, 0.2) is 0 Å². The maximum absolute atomic E-state index is 10.4. The molecule has 0 spiro atoms. The third kappa shape index (κ3) is 2.65. The van der Waals surface area contributed by atoms with Gasteiger partial charge >= 0.3 is 5.97 Å². The number of hydrogen-bond donors (Lipinski definition) is 3. The molecule has 0 aromatic carbocycles. The van der Waals surface area contributed by atoms with Gasteiger partial charge in [0.1, 0.15) is 31.0 Å². The Morgan fingerprint density at radius 2 is 2.29 bits per heavy atom. The highest BCUT2D eigenvalue weighted by atomic mass is 16.6. The molecule has 4 atom stereocenters. The fourth-order valence-corrected chi connectivity index (χ4v) is 1.26. The van der Waals surface area contributed by atoms with Crippen molar-refractivity contribution in [2.24, 2.45) is 0 Å². The number of hydrogen-bond acceptors (Lipinski definition) is 6. The van der Waals surface area contributed by atoms with Gasteiger partial charge in [0.2, 0.25) is 0 Å². The van der Waals surface area contributed by atoms with Crippen molar-refractivity contribution < 1.29 is 29.6 Å². The first-order valence-corrected chi connectivity index (χ1v) is 4.31. The molecule has 3 N–H and O–H groups in total. The Balaban J connectivity index is 2.37. The number of aliphatic hydroxyl groups excluding tert-OH is 3. The molecule has 0 aromatic heterocycles. The molecule has 0 radical (unpaired) electrons. The average Bonchev–Trinajstić information content (AvgIpc) is 2.44. The van der Waals surface area contributed by atoms with Gasteiger partial charge in [0.05, 0.1) is 6.61 Å². The second kappa shape index (κ2) is 4.70. The Morgan fingerprint density at radius 3 is 2.71 bits per heavy atom. The summed E-state index contributed by atoms with van der Waals surface area (Å²) in [5, 5.41) is 27.8. The molecule has 1 aliphatic rings. The third-order valence-corrected chi connectivity index (χ3v) is 2.03. The van der Waals surface area contributed by atoms with Crippen molar-refractivity contribution >= 4 is 5.97 Å². The van der Waals surface area contributed by atoms with E-state index in [1.165, 1.54) is 6.92 Å². The molecule has 0 amide bonds. The molecule has 0 saturated carbocycles. The number of ether oxygens (including phenoxy) is 2. The topological polar surface area (TPSA) is 96.2 Å². The van der Waals surface area contributed by atoms with E-state index in [-0.39, 0.29) is 13.2 Å². The van der Waals surface area contributed by atoms with Gasteiger partial charge in [-0.25, -0.2) is 0 Å². The quantitative estimate of drug-likeness (QED) is 0.464. The molecule has 6 heteroatoms. The van der Waals surface area contributed by atoms with Crippen LogP contribution in [0.3, 0.4) is 0 Å². The van der Waals surface area contributed by atoms with E-state index in [0.29, 0.717) is 0 Å². The van der Waals surface area contributed by atoms with Crippen LogP contribution in [-0.4, -0.2) is 58.9 Å². The minimum atomic E-state index is -1.14. The molecule has 14 heavy (non-hydrogen) atoms. The van der Waals surface area contributed by atoms with Gasteiger partial charge in [-0.1, -0.05) is 0 Å². The zero-order valence-electron chi connectivity index (χ0n) is 7.79. The zero-order chi connectivity index (χ0) is 10.7. The second-order valence-electron chi connectivity index (χ2n) is 3.23. The van der Waals surface area contributed by atoms with Crippen LogP contribution in [-0.2, 0) is 14.3 Å². The van der Waals surface area contributed by atoms with E-state index < -0.39 is 30.4 Å². The van der Waals surface area contributed by atoms with Gasteiger partial charge in [-0.3, -0.25) is 4.79 Å². The van der Waals surface area contributed by atoms with Crippen LogP contribution in [0, 0.1) is 0 Å². The van der Waals surface area contributed by atoms with Crippen LogP contribution in [0.1, 0.15) is 6.92 Å². The van der Waals surface area contributed by atoms with Gasteiger partial charge < -0.3 is 24.8 Å². The molecule has 0 aliphatic carbocycles. The first-order chi connectivity index (χ1) is 6.52. The van der Waals surface area contributed by atoms with E-state index in [1.807, 2.05) is 0 Å². The van der Waals surface area contributed by atoms with E-state index in [9.17, 15) is 15.0 Å². The van der Waals surface area contributed by atoms with Crippen molar-refractivity contribution in [1.29, 1.82) is 0 Å². The molecule has 1 heterocycles. The maximum atomic E-state index is 10.4. The number of carbonyl (C=O) groups excluding carboxylic acids is 1. The van der Waals surface area contributed by atoms with Crippen LogP contribution in [0.25, 0.3) is 0 Å². The Labute approximate surface area is 81.1 Å². The lowest BCUT2D eigenvalue weighted by Gasteiger charge is -2.20. The van der Waals surface area contributed by atoms with Gasteiger partial charge in [-0.2, -0.15) is 0 Å². The lowest BCUT2D eigenvalue weighted by atomic mass is 10.1. The monoisotopic (exact) mass is 206 g/mol. The maximum Gasteiger partial charge on any atom is 0.302 e. The van der Waals surface area contributed by atoms with Crippen molar-refractivity contribution in [2.75, 3.05) is 13.2 Å². The summed E-state index contributed by atoms with van der Waals surface area (Å²) in [6.45, 7) is 0.945. The first kappa shape index (κ1) is 11.4. The average molecular weight is 206 g/mol. The molecule has 0 aromatic rings. The van der Waals surface area contributed by atoms with Crippen molar-refractivity contribution in [1.82, 2.24) is 0 Å². The summed E-state index contributed by atoms with van der Waals surface area (Å²) < 4.78 is 9.47. The first-order valence-electron chi connectivity index (χ1n) is 4.31. The lowest BCUT2D eigenvalue weighted by molar-refractivity contribution is -0.148. The van der Waals surface area contributed by atoms with Crippen LogP contribution >= 0.6 is 0 Å². The van der Waals surface area contributed by atoms with Gasteiger partial charge in [0.15, 0.2) is 0 Å². The molecular weight excluding hydrogens is 192 g/mol. The molecular formula is C8H14O6. The highest BCUT2D eigenvalue weighted by Crippen LogP contribution is 2.17.